The number of rotatable bonds is 7. The van der Waals surface area contributed by atoms with E-state index in [0.717, 1.165) is 0 Å². The lowest BCUT2D eigenvalue weighted by Crippen LogP contribution is -2.32. The van der Waals surface area contributed by atoms with Crippen LogP contribution in [-0.4, -0.2) is 56.4 Å². The van der Waals surface area contributed by atoms with Crippen molar-refractivity contribution >= 4 is 40.7 Å². The van der Waals surface area contributed by atoms with E-state index in [0.29, 0.717) is 35.3 Å². The summed E-state index contributed by atoms with van der Waals surface area (Å²) in [4.78, 5) is 37.6. The number of carbonyl (C=O) groups excluding carboxylic acids is 2. The van der Waals surface area contributed by atoms with Crippen molar-refractivity contribution < 1.29 is 23.8 Å². The Kier molecular flexibility index (Phi) is 6.79. The summed E-state index contributed by atoms with van der Waals surface area (Å²) in [6.45, 7) is 0.258. The smallest absolute Gasteiger partial charge is 0.338 e. The maximum Gasteiger partial charge on any atom is 0.338 e. The predicted molar refractivity (Wildman–Crippen MR) is 130 cm³/mol. The maximum absolute atomic E-state index is 12.7. The summed E-state index contributed by atoms with van der Waals surface area (Å²) in [6.07, 6.45) is 0.270. The lowest BCUT2D eigenvalue weighted by Gasteiger charge is -2.19. The molecule has 3 atom stereocenters. The zero-order chi connectivity index (χ0) is 25.1. The maximum atomic E-state index is 12.7. The van der Waals surface area contributed by atoms with Crippen LogP contribution in [0.1, 0.15) is 27.1 Å². The average molecular weight is 508 g/mol. The second-order valence-electron chi connectivity index (χ2n) is 8.25. The first-order chi connectivity index (χ1) is 17.5. The van der Waals surface area contributed by atoms with Crippen LogP contribution in [-0.2, 0) is 20.8 Å². The zero-order valence-electron chi connectivity index (χ0n) is 19.0. The third kappa shape index (κ3) is 5.14. The molecule has 4 aromatic rings. The molecular formula is C25H22ClN5O5. The Morgan fingerprint density at radius 3 is 2.39 bits per heavy atom. The summed E-state index contributed by atoms with van der Waals surface area (Å²) in [5.74, 6) is -0.940. The molecule has 0 amide bonds. The van der Waals surface area contributed by atoms with E-state index >= 15 is 0 Å². The van der Waals surface area contributed by atoms with E-state index in [9.17, 15) is 9.59 Å². The monoisotopic (exact) mass is 507 g/mol. The number of imidazole rings is 1. The van der Waals surface area contributed by atoms with Crippen molar-refractivity contribution in [2.45, 2.75) is 31.3 Å². The van der Waals surface area contributed by atoms with Crippen LogP contribution in [0.4, 0.5) is 5.95 Å². The van der Waals surface area contributed by atoms with Crippen LogP contribution in [0.5, 0.6) is 0 Å². The third-order valence-corrected chi connectivity index (χ3v) is 6.04. The summed E-state index contributed by atoms with van der Waals surface area (Å²) < 4.78 is 19.2. The fraction of sp³-hybridized carbons (Fsp3) is 0.240. The van der Waals surface area contributed by atoms with Crippen LogP contribution in [0.25, 0.3) is 11.2 Å². The molecule has 1 aliphatic heterocycles. The Labute approximate surface area is 211 Å². The summed E-state index contributed by atoms with van der Waals surface area (Å²) in [5.41, 5.74) is 7.47. The van der Waals surface area contributed by atoms with Crippen LogP contribution >= 0.6 is 11.6 Å². The van der Waals surface area contributed by atoms with E-state index in [1.807, 2.05) is 12.1 Å². The molecule has 0 saturated carbocycles. The highest BCUT2D eigenvalue weighted by Gasteiger charge is 2.39. The normalized spacial score (nSPS) is 19.3. The highest BCUT2D eigenvalue weighted by atomic mass is 35.5. The van der Waals surface area contributed by atoms with Gasteiger partial charge in [-0.15, -0.1) is 0 Å². The van der Waals surface area contributed by atoms with Crippen LogP contribution in [0.2, 0.25) is 5.15 Å². The summed E-state index contributed by atoms with van der Waals surface area (Å²) in [5, 5.41) is 0.156. The van der Waals surface area contributed by atoms with Gasteiger partial charge in [0.15, 0.2) is 10.8 Å². The van der Waals surface area contributed by atoms with Crippen molar-refractivity contribution in [1.82, 2.24) is 19.5 Å². The number of benzene rings is 2. The number of fused-ring (bicyclic) bond motifs is 1. The van der Waals surface area contributed by atoms with Crippen molar-refractivity contribution in [2.24, 2.45) is 0 Å². The molecule has 36 heavy (non-hydrogen) atoms. The minimum Gasteiger partial charge on any atom is -0.459 e. The van der Waals surface area contributed by atoms with Crippen molar-refractivity contribution in [3.8, 4) is 0 Å². The molecule has 2 unspecified atom stereocenters. The molecule has 1 aliphatic rings. The molecule has 11 heteroatoms. The molecule has 2 aromatic carbocycles. The Balaban J connectivity index is 1.32. The molecule has 184 valence electrons. The number of nitrogens with zero attached hydrogens (tertiary/aromatic N) is 4. The molecule has 0 bridgehead atoms. The SMILES string of the molecule is Nc1nc(Cl)c2ncn(CC3C[C@@H](OC(=O)c4ccccc4)C(COC(=O)c4ccccc4)O3)c2n1. The second-order valence-corrected chi connectivity index (χ2v) is 8.61. The summed E-state index contributed by atoms with van der Waals surface area (Å²) in [7, 11) is 0. The number of halogens is 1. The van der Waals surface area contributed by atoms with Crippen LogP contribution in [0.3, 0.4) is 0 Å². The highest BCUT2D eigenvalue weighted by molar-refractivity contribution is 6.33. The standard InChI is InChI=1S/C25H22ClN5O5/c26-21-20-22(30-25(27)29-21)31(14-28-20)12-17-11-18(36-24(33)16-9-5-2-6-10-16)19(35-17)13-34-23(32)15-7-3-1-4-8-15/h1-10,14,17-19H,11-13H2,(H2,27,29,30)/t17?,18-,19?/m1/s1. The van der Waals surface area contributed by atoms with Gasteiger partial charge in [0.25, 0.3) is 0 Å². The Bertz CT molecular complexity index is 1380. The van der Waals surface area contributed by atoms with Gasteiger partial charge in [0.05, 0.1) is 30.1 Å². The molecule has 2 aromatic heterocycles. The lowest BCUT2D eigenvalue weighted by molar-refractivity contribution is -0.0443. The topological polar surface area (TPSA) is 131 Å². The minimum absolute atomic E-state index is 0.0296. The number of aromatic nitrogens is 4. The number of esters is 2. The molecule has 10 nitrogen and oxygen atoms in total. The van der Waals surface area contributed by atoms with E-state index in [1.54, 1.807) is 59.4 Å². The lowest BCUT2D eigenvalue weighted by atomic mass is 10.1. The number of anilines is 1. The van der Waals surface area contributed by atoms with Gasteiger partial charge in [-0.3, -0.25) is 0 Å². The number of nitrogen functional groups attached to an aromatic ring is 1. The Morgan fingerprint density at radius 1 is 1.03 bits per heavy atom. The number of hydrogen-bond acceptors (Lipinski definition) is 9. The highest BCUT2D eigenvalue weighted by Crippen LogP contribution is 2.28. The predicted octanol–water partition coefficient (Wildman–Crippen LogP) is 3.30. The molecule has 2 N–H and O–H groups in total. The van der Waals surface area contributed by atoms with Crippen LogP contribution in [0.15, 0.2) is 67.0 Å². The summed E-state index contributed by atoms with van der Waals surface area (Å²) >= 11 is 6.13. The second kappa shape index (κ2) is 10.3. The molecule has 0 aliphatic carbocycles. The van der Waals surface area contributed by atoms with Crippen LogP contribution in [0, 0.1) is 0 Å². The number of carbonyl (C=O) groups is 2. The fourth-order valence-corrected chi connectivity index (χ4v) is 4.28. The molecule has 5 rings (SSSR count). The van der Waals surface area contributed by atoms with E-state index in [1.165, 1.54) is 0 Å². The van der Waals surface area contributed by atoms with Gasteiger partial charge in [-0.1, -0.05) is 48.0 Å². The molecule has 0 radical (unpaired) electrons. The van der Waals surface area contributed by atoms with E-state index < -0.39 is 24.1 Å². The number of nitrogens with two attached hydrogens (primary N) is 1. The zero-order valence-corrected chi connectivity index (χ0v) is 19.7. The van der Waals surface area contributed by atoms with Crippen molar-refractivity contribution in [2.75, 3.05) is 12.3 Å². The first-order valence-electron chi connectivity index (χ1n) is 11.3. The van der Waals surface area contributed by atoms with Gasteiger partial charge in [-0.05, 0) is 24.3 Å². The van der Waals surface area contributed by atoms with Gasteiger partial charge in [0.1, 0.15) is 24.3 Å². The quantitative estimate of drug-likeness (QED) is 0.295. The molecule has 1 saturated heterocycles. The number of hydrogen-bond donors (Lipinski definition) is 1. The Hall–Kier alpha value is -4.02. The largest absolute Gasteiger partial charge is 0.459 e. The van der Waals surface area contributed by atoms with Gasteiger partial charge in [-0.2, -0.15) is 9.97 Å². The summed E-state index contributed by atoms with van der Waals surface area (Å²) in [6, 6.07) is 17.3. The third-order valence-electron chi connectivity index (χ3n) is 5.77. The van der Waals surface area contributed by atoms with Crippen molar-refractivity contribution in [3.63, 3.8) is 0 Å². The minimum atomic E-state index is -0.659. The van der Waals surface area contributed by atoms with Gasteiger partial charge < -0.3 is 24.5 Å². The van der Waals surface area contributed by atoms with Gasteiger partial charge >= 0.3 is 11.9 Å². The molecular weight excluding hydrogens is 486 g/mol. The van der Waals surface area contributed by atoms with Crippen molar-refractivity contribution in [1.29, 1.82) is 0 Å². The van der Waals surface area contributed by atoms with Crippen LogP contribution < -0.4 is 5.73 Å². The molecule has 0 spiro atoms. The molecule has 3 heterocycles. The first-order valence-corrected chi connectivity index (χ1v) is 11.6. The van der Waals surface area contributed by atoms with Crippen molar-refractivity contribution in [3.05, 3.63) is 83.3 Å². The van der Waals surface area contributed by atoms with Gasteiger partial charge in [0, 0.05) is 6.42 Å². The van der Waals surface area contributed by atoms with E-state index in [-0.39, 0.29) is 23.8 Å². The first kappa shape index (κ1) is 23.7. The fourth-order valence-electron chi connectivity index (χ4n) is 4.06. The Morgan fingerprint density at radius 2 is 1.69 bits per heavy atom. The van der Waals surface area contributed by atoms with Gasteiger partial charge in [-0.25, -0.2) is 14.6 Å². The molecule has 1 fully saturated rings. The van der Waals surface area contributed by atoms with E-state index in [2.05, 4.69) is 15.0 Å². The van der Waals surface area contributed by atoms with E-state index in [4.69, 9.17) is 31.5 Å². The average Bonchev–Trinajstić information content (AvgIpc) is 3.47. The van der Waals surface area contributed by atoms with Gasteiger partial charge in [0.2, 0.25) is 5.95 Å². The number of ether oxygens (including phenoxy) is 3.